The molecule has 0 saturated heterocycles. The summed E-state index contributed by atoms with van der Waals surface area (Å²) in [6.07, 6.45) is 3.88. The molecule has 1 unspecified atom stereocenters. The van der Waals surface area contributed by atoms with Gasteiger partial charge in [0.25, 0.3) is 0 Å². The highest BCUT2D eigenvalue weighted by molar-refractivity contribution is 5.75. The van der Waals surface area contributed by atoms with E-state index in [2.05, 4.69) is 15.6 Å². The number of aromatic nitrogens is 1. The molecule has 0 fully saturated rings. The fraction of sp³-hybridized carbons (Fsp3) is 0.368. The Kier molecular flexibility index (Phi) is 6.75. The number of aliphatic hydroxyl groups excluding tert-OH is 1. The quantitative estimate of drug-likeness (QED) is 0.653. The van der Waals surface area contributed by atoms with Gasteiger partial charge in [-0.05, 0) is 43.9 Å². The second kappa shape index (κ2) is 9.03. The average Bonchev–Trinajstić information content (AvgIpc) is 2.60. The van der Waals surface area contributed by atoms with Gasteiger partial charge in [0, 0.05) is 25.0 Å². The first-order chi connectivity index (χ1) is 11.6. The summed E-state index contributed by atoms with van der Waals surface area (Å²) in [5, 5.41) is 15.2. The molecule has 1 atom stereocenters. The Hall–Kier alpha value is -2.40. The predicted molar refractivity (Wildman–Crippen MR) is 94.6 cm³/mol. The lowest BCUT2D eigenvalue weighted by molar-refractivity contribution is 0.204. The zero-order chi connectivity index (χ0) is 17.3. The molecule has 0 bridgehead atoms. The monoisotopic (exact) mass is 327 g/mol. The predicted octanol–water partition coefficient (Wildman–Crippen LogP) is 2.61. The summed E-state index contributed by atoms with van der Waals surface area (Å²) in [5.41, 5.74) is 1.40. The number of aliphatic hydroxyl groups is 1. The molecule has 0 spiro atoms. The van der Waals surface area contributed by atoms with E-state index >= 15 is 0 Å². The Morgan fingerprint density at radius 2 is 1.92 bits per heavy atom. The van der Waals surface area contributed by atoms with E-state index in [0.717, 1.165) is 24.1 Å². The smallest absolute Gasteiger partial charge is 0.315 e. The number of amides is 2. The fourth-order valence-corrected chi connectivity index (χ4v) is 2.62. The molecule has 3 N–H and O–H groups in total. The number of nitrogens with zero attached hydrogens (tertiary/aromatic N) is 1. The van der Waals surface area contributed by atoms with Gasteiger partial charge in [-0.15, -0.1) is 0 Å². The molecule has 1 aromatic heterocycles. The normalized spacial score (nSPS) is 13.1. The molecule has 5 heteroatoms. The minimum Gasteiger partial charge on any atom is -0.396 e. The first-order valence-corrected chi connectivity index (χ1v) is 8.26. The van der Waals surface area contributed by atoms with Crippen LogP contribution in [0.3, 0.4) is 0 Å². The molecule has 0 saturated carbocycles. The van der Waals surface area contributed by atoms with Crippen LogP contribution >= 0.6 is 0 Å². The highest BCUT2D eigenvalue weighted by Crippen LogP contribution is 2.23. The van der Waals surface area contributed by atoms with Gasteiger partial charge in [0.1, 0.15) is 0 Å². The largest absolute Gasteiger partial charge is 0.396 e. The van der Waals surface area contributed by atoms with Gasteiger partial charge in [0.05, 0.1) is 5.54 Å². The Morgan fingerprint density at radius 1 is 1.17 bits per heavy atom. The number of hydrogen-bond acceptors (Lipinski definition) is 3. The number of pyridine rings is 1. The molecule has 0 aliphatic heterocycles. The van der Waals surface area contributed by atoms with Gasteiger partial charge in [0.15, 0.2) is 0 Å². The van der Waals surface area contributed by atoms with Gasteiger partial charge in [-0.3, -0.25) is 4.98 Å². The Morgan fingerprint density at radius 3 is 2.58 bits per heavy atom. The van der Waals surface area contributed by atoms with Crippen LogP contribution in [0.4, 0.5) is 4.79 Å². The molecule has 0 radical (unpaired) electrons. The van der Waals surface area contributed by atoms with E-state index in [1.807, 2.05) is 55.5 Å². The van der Waals surface area contributed by atoms with E-state index in [4.69, 9.17) is 0 Å². The van der Waals surface area contributed by atoms with Crippen LogP contribution in [0.15, 0.2) is 54.7 Å². The highest BCUT2D eigenvalue weighted by atomic mass is 16.3. The lowest BCUT2D eigenvalue weighted by atomic mass is 9.89. The van der Waals surface area contributed by atoms with Gasteiger partial charge in [-0.1, -0.05) is 36.4 Å². The second-order valence-corrected chi connectivity index (χ2v) is 5.98. The number of hydrogen-bond donors (Lipinski definition) is 3. The van der Waals surface area contributed by atoms with Gasteiger partial charge < -0.3 is 15.7 Å². The van der Waals surface area contributed by atoms with Crippen LogP contribution in [0.25, 0.3) is 0 Å². The average molecular weight is 327 g/mol. The van der Waals surface area contributed by atoms with E-state index in [-0.39, 0.29) is 12.6 Å². The summed E-state index contributed by atoms with van der Waals surface area (Å²) in [4.78, 5) is 16.5. The van der Waals surface area contributed by atoms with Crippen LogP contribution < -0.4 is 10.6 Å². The SMILES string of the molecule is CC(CCO)(NC(=O)NCCCc1ccccn1)c1ccccc1. The van der Waals surface area contributed by atoms with Gasteiger partial charge in [-0.25, -0.2) is 4.79 Å². The van der Waals surface area contributed by atoms with Crippen molar-refractivity contribution in [2.24, 2.45) is 0 Å². The standard InChI is InChI=1S/C19H25N3O2/c1-19(12-15-23,16-8-3-2-4-9-16)22-18(24)21-14-7-11-17-10-5-6-13-20-17/h2-6,8-10,13,23H,7,11-12,14-15H2,1H3,(H2,21,22,24). The van der Waals surface area contributed by atoms with Crippen LogP contribution in [0.1, 0.15) is 31.0 Å². The first kappa shape index (κ1) is 17.9. The van der Waals surface area contributed by atoms with Crippen molar-refractivity contribution in [1.82, 2.24) is 15.6 Å². The van der Waals surface area contributed by atoms with Crippen LogP contribution in [0, 0.1) is 0 Å². The molecule has 1 heterocycles. The van der Waals surface area contributed by atoms with Crippen molar-refractivity contribution < 1.29 is 9.90 Å². The minimum absolute atomic E-state index is 0.00531. The van der Waals surface area contributed by atoms with Gasteiger partial charge in [0.2, 0.25) is 0 Å². The zero-order valence-corrected chi connectivity index (χ0v) is 14.0. The van der Waals surface area contributed by atoms with Crippen molar-refractivity contribution in [1.29, 1.82) is 0 Å². The maximum absolute atomic E-state index is 12.2. The first-order valence-electron chi connectivity index (χ1n) is 8.26. The van der Waals surface area contributed by atoms with E-state index in [1.54, 1.807) is 6.20 Å². The summed E-state index contributed by atoms with van der Waals surface area (Å²) in [6.45, 7) is 2.50. The number of nitrogens with one attached hydrogen (secondary N) is 2. The molecule has 1 aromatic carbocycles. The molecule has 5 nitrogen and oxygen atoms in total. The lowest BCUT2D eigenvalue weighted by Gasteiger charge is -2.31. The molecule has 128 valence electrons. The Balaban J connectivity index is 1.82. The van der Waals surface area contributed by atoms with Crippen LogP contribution in [-0.4, -0.2) is 29.3 Å². The third kappa shape index (κ3) is 5.35. The summed E-state index contributed by atoms with van der Waals surface area (Å²) in [5.74, 6) is 0. The number of carbonyl (C=O) groups excluding carboxylic acids is 1. The van der Waals surface area contributed by atoms with Crippen LogP contribution in [-0.2, 0) is 12.0 Å². The summed E-state index contributed by atoms with van der Waals surface area (Å²) in [7, 11) is 0. The molecule has 2 amide bonds. The zero-order valence-electron chi connectivity index (χ0n) is 14.0. The third-order valence-electron chi connectivity index (χ3n) is 4.03. The fourth-order valence-electron chi connectivity index (χ4n) is 2.62. The van der Waals surface area contributed by atoms with Crippen molar-refractivity contribution in [3.05, 3.63) is 66.0 Å². The molecule has 2 aromatic rings. The van der Waals surface area contributed by atoms with Crippen molar-refractivity contribution in [3.8, 4) is 0 Å². The number of aryl methyl sites for hydroxylation is 1. The van der Waals surface area contributed by atoms with Gasteiger partial charge >= 0.3 is 6.03 Å². The number of carbonyl (C=O) groups is 1. The number of urea groups is 1. The summed E-state index contributed by atoms with van der Waals surface area (Å²) >= 11 is 0. The minimum atomic E-state index is -0.596. The number of rotatable bonds is 8. The van der Waals surface area contributed by atoms with E-state index in [9.17, 15) is 9.90 Å². The molecular formula is C19H25N3O2. The van der Waals surface area contributed by atoms with Crippen LogP contribution in [0.2, 0.25) is 0 Å². The second-order valence-electron chi connectivity index (χ2n) is 5.98. The van der Waals surface area contributed by atoms with Crippen molar-refractivity contribution >= 4 is 6.03 Å². The maximum Gasteiger partial charge on any atom is 0.315 e. The van der Waals surface area contributed by atoms with Crippen molar-refractivity contribution in [2.75, 3.05) is 13.2 Å². The highest BCUT2D eigenvalue weighted by Gasteiger charge is 2.27. The third-order valence-corrected chi connectivity index (χ3v) is 4.03. The summed E-state index contributed by atoms with van der Waals surface area (Å²) < 4.78 is 0. The molecule has 0 aliphatic carbocycles. The summed E-state index contributed by atoms with van der Waals surface area (Å²) in [6, 6.07) is 15.3. The molecule has 0 aliphatic rings. The van der Waals surface area contributed by atoms with E-state index in [0.29, 0.717) is 13.0 Å². The molecular weight excluding hydrogens is 302 g/mol. The molecule has 2 rings (SSSR count). The maximum atomic E-state index is 12.2. The van der Waals surface area contributed by atoms with Crippen LogP contribution in [0.5, 0.6) is 0 Å². The van der Waals surface area contributed by atoms with Crippen molar-refractivity contribution in [3.63, 3.8) is 0 Å². The topological polar surface area (TPSA) is 74.2 Å². The van der Waals surface area contributed by atoms with E-state index < -0.39 is 5.54 Å². The molecule has 24 heavy (non-hydrogen) atoms. The lowest BCUT2D eigenvalue weighted by Crippen LogP contribution is -2.49. The Bertz CT molecular complexity index is 619. The van der Waals surface area contributed by atoms with Gasteiger partial charge in [-0.2, -0.15) is 0 Å². The number of benzene rings is 1. The van der Waals surface area contributed by atoms with Crippen molar-refractivity contribution in [2.45, 2.75) is 31.7 Å². The van der Waals surface area contributed by atoms with E-state index in [1.165, 1.54) is 0 Å². The Labute approximate surface area is 143 Å².